The summed E-state index contributed by atoms with van der Waals surface area (Å²) in [6.07, 6.45) is 13.7. The molecule has 22 heavy (non-hydrogen) atoms. The summed E-state index contributed by atoms with van der Waals surface area (Å²) in [5, 5.41) is 7.93. The Balaban J connectivity index is 1.45. The average molecular weight is 302 g/mol. The molecule has 122 valence electrons. The fraction of sp³-hybridized carbons (Fsp3) is 0.947. The van der Waals surface area contributed by atoms with Crippen LogP contribution in [0.2, 0.25) is 0 Å². The maximum Gasteiger partial charge on any atom is 0.124 e. The third kappa shape index (κ3) is 1.91. The summed E-state index contributed by atoms with van der Waals surface area (Å²) < 4.78 is 0. The molecule has 0 aromatic rings. The predicted octanol–water partition coefficient (Wildman–Crippen LogP) is 2.50. The van der Waals surface area contributed by atoms with Gasteiger partial charge in [0.15, 0.2) is 0 Å². The van der Waals surface area contributed by atoms with Crippen LogP contribution in [-0.2, 0) is 4.79 Å². The second-order valence-corrected chi connectivity index (χ2v) is 8.77. The van der Waals surface area contributed by atoms with Gasteiger partial charge in [0, 0.05) is 30.1 Å². The van der Waals surface area contributed by atoms with E-state index in [2.05, 4.69) is 10.6 Å². The standard InChI is InChI=1S/C19H30N2O/c22-10-14-18-12-6-2-4-8-16(12)20-17(18)9-13-11-5-1-3-7-15(11)21-19(13)14/h10-21H,1-9H2. The second kappa shape index (κ2) is 5.31. The lowest BCUT2D eigenvalue weighted by Gasteiger charge is -2.43. The molecule has 5 fully saturated rings. The number of hydrogen-bond acceptors (Lipinski definition) is 3. The van der Waals surface area contributed by atoms with Crippen molar-refractivity contribution < 1.29 is 4.79 Å². The molecule has 0 radical (unpaired) electrons. The summed E-state index contributed by atoms with van der Waals surface area (Å²) in [7, 11) is 0. The van der Waals surface area contributed by atoms with Gasteiger partial charge in [-0.2, -0.15) is 0 Å². The van der Waals surface area contributed by atoms with Crippen molar-refractivity contribution in [1.82, 2.24) is 10.6 Å². The van der Waals surface area contributed by atoms with Crippen molar-refractivity contribution in [2.75, 3.05) is 0 Å². The summed E-state index contributed by atoms with van der Waals surface area (Å²) >= 11 is 0. The van der Waals surface area contributed by atoms with E-state index in [9.17, 15) is 4.79 Å². The first-order valence-electron chi connectivity index (χ1n) is 9.84. The quantitative estimate of drug-likeness (QED) is 0.731. The van der Waals surface area contributed by atoms with E-state index < -0.39 is 0 Å². The zero-order valence-corrected chi connectivity index (χ0v) is 13.5. The zero-order chi connectivity index (χ0) is 14.7. The van der Waals surface area contributed by atoms with Gasteiger partial charge in [-0.1, -0.05) is 25.7 Å². The lowest BCUT2D eigenvalue weighted by Crippen LogP contribution is -2.52. The molecule has 0 aromatic heterocycles. The molecule has 5 rings (SSSR count). The van der Waals surface area contributed by atoms with Crippen molar-refractivity contribution in [3.63, 3.8) is 0 Å². The number of fused-ring (bicyclic) bond motifs is 6. The van der Waals surface area contributed by atoms with Gasteiger partial charge in [0.2, 0.25) is 0 Å². The van der Waals surface area contributed by atoms with Gasteiger partial charge < -0.3 is 15.4 Å². The Morgan fingerprint density at radius 1 is 0.727 bits per heavy atom. The van der Waals surface area contributed by atoms with Crippen LogP contribution < -0.4 is 10.6 Å². The van der Waals surface area contributed by atoms with E-state index >= 15 is 0 Å². The number of rotatable bonds is 1. The lowest BCUT2D eigenvalue weighted by molar-refractivity contribution is -0.116. The second-order valence-electron chi connectivity index (χ2n) is 8.77. The van der Waals surface area contributed by atoms with Crippen LogP contribution in [0.1, 0.15) is 57.8 Å². The third-order valence-corrected chi connectivity index (χ3v) is 7.99. The normalized spacial score (nSPS) is 56.6. The molecular weight excluding hydrogens is 272 g/mol. The minimum Gasteiger partial charge on any atom is -0.311 e. The molecule has 0 bridgehead atoms. The molecule has 3 aliphatic carbocycles. The van der Waals surface area contributed by atoms with Crippen molar-refractivity contribution in [1.29, 1.82) is 0 Å². The van der Waals surface area contributed by atoms with Crippen LogP contribution >= 0.6 is 0 Å². The highest BCUT2D eigenvalue weighted by molar-refractivity contribution is 5.57. The Labute approximate surface area is 134 Å². The van der Waals surface area contributed by atoms with Crippen molar-refractivity contribution in [3.8, 4) is 0 Å². The molecule has 9 unspecified atom stereocenters. The Kier molecular flexibility index (Phi) is 3.37. The van der Waals surface area contributed by atoms with Crippen molar-refractivity contribution >= 4 is 6.29 Å². The van der Waals surface area contributed by atoms with Crippen LogP contribution in [0, 0.1) is 29.6 Å². The van der Waals surface area contributed by atoms with Gasteiger partial charge in [0.05, 0.1) is 0 Å². The minimum atomic E-state index is 0.273. The first-order chi connectivity index (χ1) is 10.9. The molecule has 3 nitrogen and oxygen atoms in total. The first-order valence-corrected chi connectivity index (χ1v) is 9.84. The first kappa shape index (κ1) is 14.0. The van der Waals surface area contributed by atoms with E-state index in [1.807, 2.05) is 0 Å². The van der Waals surface area contributed by atoms with E-state index in [0.717, 1.165) is 17.8 Å². The van der Waals surface area contributed by atoms with Gasteiger partial charge in [0.1, 0.15) is 6.29 Å². The van der Waals surface area contributed by atoms with E-state index in [1.165, 1.54) is 64.1 Å². The predicted molar refractivity (Wildman–Crippen MR) is 86.5 cm³/mol. The summed E-state index contributed by atoms with van der Waals surface area (Å²) in [6, 6.07) is 2.56. The molecule has 3 heteroatoms. The highest BCUT2D eigenvalue weighted by Gasteiger charge is 2.58. The zero-order valence-electron chi connectivity index (χ0n) is 13.5. The Bertz CT molecular complexity index is 451. The number of hydrogen-bond donors (Lipinski definition) is 2. The monoisotopic (exact) mass is 302 g/mol. The molecule has 9 atom stereocenters. The molecule has 2 saturated heterocycles. The van der Waals surface area contributed by atoms with E-state index in [1.54, 1.807) is 0 Å². The van der Waals surface area contributed by atoms with E-state index in [4.69, 9.17) is 0 Å². The largest absolute Gasteiger partial charge is 0.311 e. The number of carbonyl (C=O) groups is 1. The van der Waals surface area contributed by atoms with Gasteiger partial charge >= 0.3 is 0 Å². The maximum absolute atomic E-state index is 12.1. The number of aldehydes is 1. The van der Waals surface area contributed by atoms with Crippen molar-refractivity contribution in [2.45, 2.75) is 82.0 Å². The van der Waals surface area contributed by atoms with Gasteiger partial charge in [-0.25, -0.2) is 0 Å². The summed E-state index contributed by atoms with van der Waals surface area (Å²) in [5.41, 5.74) is 0. The van der Waals surface area contributed by atoms with Crippen LogP contribution in [-0.4, -0.2) is 30.5 Å². The highest BCUT2D eigenvalue weighted by Crippen LogP contribution is 2.53. The maximum atomic E-state index is 12.1. The Morgan fingerprint density at radius 2 is 1.41 bits per heavy atom. The van der Waals surface area contributed by atoms with Gasteiger partial charge in [-0.15, -0.1) is 0 Å². The third-order valence-electron chi connectivity index (χ3n) is 7.99. The van der Waals surface area contributed by atoms with E-state index in [0.29, 0.717) is 30.1 Å². The number of carbonyl (C=O) groups excluding carboxylic acids is 1. The molecule has 2 aliphatic heterocycles. The van der Waals surface area contributed by atoms with Crippen LogP contribution in [0.3, 0.4) is 0 Å². The van der Waals surface area contributed by atoms with Crippen molar-refractivity contribution in [2.24, 2.45) is 29.6 Å². The summed E-state index contributed by atoms with van der Waals surface area (Å²) in [6.45, 7) is 0. The summed E-state index contributed by atoms with van der Waals surface area (Å²) in [5.74, 6) is 3.28. The molecule has 2 N–H and O–H groups in total. The topological polar surface area (TPSA) is 41.1 Å². The average Bonchev–Trinajstić information content (AvgIpc) is 3.11. The van der Waals surface area contributed by atoms with Crippen molar-refractivity contribution in [3.05, 3.63) is 0 Å². The fourth-order valence-electron chi connectivity index (χ4n) is 7.23. The fourth-order valence-corrected chi connectivity index (χ4v) is 7.23. The molecule has 3 saturated carbocycles. The molecular formula is C19H30N2O. The van der Waals surface area contributed by atoms with Crippen LogP contribution in [0.15, 0.2) is 0 Å². The summed E-state index contributed by atoms with van der Waals surface area (Å²) in [4.78, 5) is 12.1. The Hall–Kier alpha value is -0.410. The van der Waals surface area contributed by atoms with Crippen LogP contribution in [0.5, 0.6) is 0 Å². The molecule has 2 heterocycles. The lowest BCUT2D eigenvalue weighted by atomic mass is 9.61. The molecule has 0 spiro atoms. The Morgan fingerprint density at radius 3 is 2.18 bits per heavy atom. The smallest absolute Gasteiger partial charge is 0.124 e. The van der Waals surface area contributed by atoms with Gasteiger partial charge in [-0.3, -0.25) is 0 Å². The minimum absolute atomic E-state index is 0.273. The van der Waals surface area contributed by atoms with Crippen LogP contribution in [0.25, 0.3) is 0 Å². The van der Waals surface area contributed by atoms with E-state index in [-0.39, 0.29) is 5.92 Å². The SMILES string of the molecule is O=CC1C2NC3CCCCC3C2CC2NC3CCCCC3C21. The molecule has 0 amide bonds. The van der Waals surface area contributed by atoms with Gasteiger partial charge in [0.25, 0.3) is 0 Å². The highest BCUT2D eigenvalue weighted by atomic mass is 16.1. The molecule has 5 aliphatic rings. The van der Waals surface area contributed by atoms with Gasteiger partial charge in [-0.05, 0) is 55.8 Å². The molecule has 0 aromatic carbocycles. The van der Waals surface area contributed by atoms with Crippen LogP contribution in [0.4, 0.5) is 0 Å². The number of nitrogens with one attached hydrogen (secondary N) is 2.